The van der Waals surface area contributed by atoms with Crippen molar-refractivity contribution in [1.29, 1.82) is 0 Å². The number of hydrogen-bond donors (Lipinski definition) is 1. The van der Waals surface area contributed by atoms with Crippen molar-refractivity contribution in [2.75, 3.05) is 6.61 Å². The highest BCUT2D eigenvalue weighted by molar-refractivity contribution is 5.92. The predicted octanol–water partition coefficient (Wildman–Crippen LogP) is 0.620. The molecular formula is C6H6F3NO2. The summed E-state index contributed by atoms with van der Waals surface area (Å²) in [7, 11) is 0. The third kappa shape index (κ3) is 6.89. The van der Waals surface area contributed by atoms with E-state index in [1.807, 2.05) is 5.92 Å². The van der Waals surface area contributed by atoms with Gasteiger partial charge in [-0.1, -0.05) is 5.92 Å². The molecule has 0 saturated heterocycles. The molecule has 0 aromatic rings. The van der Waals surface area contributed by atoms with E-state index in [0.29, 0.717) is 0 Å². The van der Waals surface area contributed by atoms with Crippen molar-refractivity contribution in [3.63, 3.8) is 0 Å². The molecule has 0 fully saturated rings. The molecule has 6 heteroatoms. The first-order valence-electron chi connectivity index (χ1n) is 2.87. The van der Waals surface area contributed by atoms with Gasteiger partial charge < -0.3 is 0 Å². The maximum absolute atomic E-state index is 11.4. The first kappa shape index (κ1) is 10.8. The average Bonchev–Trinajstić information content (AvgIpc) is 1.84. The summed E-state index contributed by atoms with van der Waals surface area (Å²) in [6.45, 7) is -0.145. The Morgan fingerprint density at radius 1 is 1.58 bits per heavy atom. The Kier molecular flexibility index (Phi) is 4.15. The standard InChI is InChI=1S/C6H6F3NO2/c1-2-3-5(11)10-12-4-6(7,8)9/h4H2,1H3,(H,10,11). The fraction of sp³-hybridized carbons (Fsp3) is 0.500. The summed E-state index contributed by atoms with van der Waals surface area (Å²) in [5, 5.41) is 0. The molecule has 0 rings (SSSR count). The van der Waals surface area contributed by atoms with E-state index in [4.69, 9.17) is 0 Å². The Morgan fingerprint density at radius 3 is 2.58 bits per heavy atom. The zero-order valence-electron chi connectivity index (χ0n) is 6.16. The third-order valence-electron chi connectivity index (χ3n) is 0.639. The Labute approximate surface area is 66.8 Å². The number of hydrogen-bond acceptors (Lipinski definition) is 2. The van der Waals surface area contributed by atoms with E-state index in [2.05, 4.69) is 10.8 Å². The van der Waals surface area contributed by atoms with E-state index in [0.717, 1.165) is 0 Å². The second kappa shape index (κ2) is 4.62. The van der Waals surface area contributed by atoms with Crippen molar-refractivity contribution in [3.05, 3.63) is 0 Å². The zero-order chi connectivity index (χ0) is 9.61. The van der Waals surface area contributed by atoms with Crippen LogP contribution in [0.4, 0.5) is 13.2 Å². The van der Waals surface area contributed by atoms with E-state index in [1.165, 1.54) is 12.4 Å². The number of alkyl halides is 3. The highest BCUT2D eigenvalue weighted by Crippen LogP contribution is 2.13. The van der Waals surface area contributed by atoms with Gasteiger partial charge in [0.15, 0.2) is 6.61 Å². The number of nitrogens with one attached hydrogen (secondary N) is 1. The monoisotopic (exact) mass is 181 g/mol. The smallest absolute Gasteiger partial charge is 0.263 e. The minimum absolute atomic E-state index is 0.901. The second-order valence-corrected chi connectivity index (χ2v) is 1.71. The molecule has 0 unspecified atom stereocenters. The van der Waals surface area contributed by atoms with Crippen LogP contribution in [0, 0.1) is 11.8 Å². The van der Waals surface area contributed by atoms with E-state index >= 15 is 0 Å². The van der Waals surface area contributed by atoms with E-state index in [1.54, 1.807) is 0 Å². The fourth-order valence-electron chi connectivity index (χ4n) is 0.323. The largest absolute Gasteiger partial charge is 0.414 e. The lowest BCUT2D eigenvalue weighted by atomic mass is 10.6. The van der Waals surface area contributed by atoms with Gasteiger partial charge >= 0.3 is 12.1 Å². The number of carbonyl (C=O) groups excluding carboxylic acids is 1. The summed E-state index contributed by atoms with van der Waals surface area (Å²) < 4.78 is 34.1. The molecule has 1 N–H and O–H groups in total. The molecule has 0 bridgehead atoms. The van der Waals surface area contributed by atoms with Gasteiger partial charge in [0.2, 0.25) is 0 Å². The summed E-state index contributed by atoms with van der Waals surface area (Å²) in [6.07, 6.45) is -4.45. The minimum Gasteiger partial charge on any atom is -0.263 e. The van der Waals surface area contributed by atoms with Crippen LogP contribution >= 0.6 is 0 Å². The fourth-order valence-corrected chi connectivity index (χ4v) is 0.323. The molecule has 0 aromatic heterocycles. The van der Waals surface area contributed by atoms with Crippen LogP contribution < -0.4 is 5.48 Å². The molecule has 0 aliphatic carbocycles. The summed E-state index contributed by atoms with van der Waals surface area (Å²) in [4.78, 5) is 14.1. The second-order valence-electron chi connectivity index (χ2n) is 1.71. The van der Waals surface area contributed by atoms with Crippen molar-refractivity contribution in [3.8, 4) is 11.8 Å². The molecule has 0 heterocycles. The molecule has 0 saturated carbocycles. The van der Waals surface area contributed by atoms with Crippen molar-refractivity contribution < 1.29 is 22.8 Å². The van der Waals surface area contributed by atoms with E-state index in [-0.39, 0.29) is 0 Å². The number of rotatable bonds is 2. The van der Waals surface area contributed by atoms with Gasteiger partial charge in [0.05, 0.1) is 0 Å². The molecule has 68 valence electrons. The van der Waals surface area contributed by atoms with Crippen LogP contribution in [0.1, 0.15) is 6.92 Å². The summed E-state index contributed by atoms with van der Waals surface area (Å²) in [5.74, 6) is 3.23. The summed E-state index contributed by atoms with van der Waals surface area (Å²) in [6, 6.07) is 0. The van der Waals surface area contributed by atoms with Crippen LogP contribution in [0.15, 0.2) is 0 Å². The number of halogens is 3. The van der Waals surface area contributed by atoms with Crippen molar-refractivity contribution >= 4 is 5.91 Å². The van der Waals surface area contributed by atoms with Crippen LogP contribution in [0.5, 0.6) is 0 Å². The molecule has 0 aliphatic heterocycles. The molecule has 0 radical (unpaired) electrons. The summed E-state index contributed by atoms with van der Waals surface area (Å²) in [5.41, 5.74) is 1.51. The lowest BCUT2D eigenvalue weighted by Crippen LogP contribution is -2.28. The maximum atomic E-state index is 11.4. The Morgan fingerprint density at radius 2 is 2.17 bits per heavy atom. The highest BCUT2D eigenvalue weighted by atomic mass is 19.4. The van der Waals surface area contributed by atoms with E-state index < -0.39 is 18.7 Å². The topological polar surface area (TPSA) is 38.3 Å². The normalized spacial score (nSPS) is 10.0. The lowest BCUT2D eigenvalue weighted by molar-refractivity contribution is -0.190. The van der Waals surface area contributed by atoms with Gasteiger partial charge in [0.1, 0.15) is 0 Å². The number of carbonyl (C=O) groups is 1. The van der Waals surface area contributed by atoms with Crippen molar-refractivity contribution in [2.45, 2.75) is 13.1 Å². The van der Waals surface area contributed by atoms with Gasteiger partial charge in [0.25, 0.3) is 0 Å². The zero-order valence-corrected chi connectivity index (χ0v) is 6.16. The number of amides is 1. The SMILES string of the molecule is CC#CC(=O)NOCC(F)(F)F. The summed E-state index contributed by atoms with van der Waals surface area (Å²) >= 11 is 0. The van der Waals surface area contributed by atoms with Crippen LogP contribution in [0.2, 0.25) is 0 Å². The average molecular weight is 181 g/mol. The Bertz CT molecular complexity index is 213. The minimum atomic E-state index is -4.45. The molecule has 0 atom stereocenters. The molecule has 3 nitrogen and oxygen atoms in total. The van der Waals surface area contributed by atoms with Crippen LogP contribution in [0.3, 0.4) is 0 Å². The molecule has 1 amide bonds. The molecular weight excluding hydrogens is 175 g/mol. The van der Waals surface area contributed by atoms with E-state index in [9.17, 15) is 18.0 Å². The predicted molar refractivity (Wildman–Crippen MR) is 33.6 cm³/mol. The molecule has 0 spiro atoms. The van der Waals surface area contributed by atoms with Gasteiger partial charge in [-0.25, -0.2) is 5.48 Å². The van der Waals surface area contributed by atoms with Gasteiger partial charge in [0, 0.05) is 0 Å². The maximum Gasteiger partial charge on any atom is 0.414 e. The molecule has 12 heavy (non-hydrogen) atoms. The molecule has 0 aromatic carbocycles. The molecule has 0 aliphatic rings. The van der Waals surface area contributed by atoms with Gasteiger partial charge in [-0.2, -0.15) is 13.2 Å². The number of hydroxylamine groups is 1. The van der Waals surface area contributed by atoms with Crippen LogP contribution in [-0.2, 0) is 9.63 Å². The van der Waals surface area contributed by atoms with Gasteiger partial charge in [-0.05, 0) is 12.8 Å². The quantitative estimate of drug-likeness (QED) is 0.501. The van der Waals surface area contributed by atoms with Crippen molar-refractivity contribution in [1.82, 2.24) is 5.48 Å². The Balaban J connectivity index is 3.55. The van der Waals surface area contributed by atoms with Gasteiger partial charge in [-0.3, -0.25) is 9.63 Å². The van der Waals surface area contributed by atoms with Gasteiger partial charge in [-0.15, -0.1) is 0 Å². The van der Waals surface area contributed by atoms with Crippen LogP contribution in [-0.4, -0.2) is 18.7 Å². The van der Waals surface area contributed by atoms with Crippen LogP contribution in [0.25, 0.3) is 0 Å². The highest BCUT2D eigenvalue weighted by Gasteiger charge is 2.28. The van der Waals surface area contributed by atoms with Crippen molar-refractivity contribution in [2.24, 2.45) is 0 Å². The first-order chi connectivity index (χ1) is 5.45. The lowest BCUT2D eigenvalue weighted by Gasteiger charge is -2.05. The first-order valence-corrected chi connectivity index (χ1v) is 2.87. The Hall–Kier alpha value is -1.22. The third-order valence-corrected chi connectivity index (χ3v) is 0.639.